The molecule has 0 aliphatic rings. The monoisotopic (exact) mass is 257 g/mol. The van der Waals surface area contributed by atoms with Gasteiger partial charge in [-0.25, -0.2) is 0 Å². The molecule has 0 saturated carbocycles. The van der Waals surface area contributed by atoms with Gasteiger partial charge in [0.25, 0.3) is 0 Å². The minimum Gasteiger partial charge on any atom is -0.341 e. The van der Waals surface area contributed by atoms with Crippen LogP contribution in [0.2, 0.25) is 0 Å². The van der Waals surface area contributed by atoms with E-state index in [1.165, 1.54) is 5.56 Å². The van der Waals surface area contributed by atoms with Crippen molar-refractivity contribution in [2.45, 2.75) is 26.4 Å². The normalized spacial score (nSPS) is 12.2. The summed E-state index contributed by atoms with van der Waals surface area (Å²) in [5.41, 5.74) is 8.79. The van der Waals surface area contributed by atoms with Gasteiger partial charge >= 0.3 is 0 Å². The molecule has 0 bridgehead atoms. The Hall–Kier alpha value is -2.07. The summed E-state index contributed by atoms with van der Waals surface area (Å²) in [4.78, 5) is 12.0. The summed E-state index contributed by atoms with van der Waals surface area (Å²) in [7, 11) is 0. The van der Waals surface area contributed by atoms with Crippen LogP contribution in [-0.4, -0.2) is 10.5 Å². The molecule has 0 fully saturated rings. The Kier molecular flexibility index (Phi) is 4.02. The van der Waals surface area contributed by atoms with Crippen LogP contribution in [0.15, 0.2) is 42.6 Å². The molecule has 0 aliphatic carbocycles. The van der Waals surface area contributed by atoms with E-state index in [-0.39, 0.29) is 18.5 Å². The third kappa shape index (κ3) is 3.45. The number of hydrogen-bond acceptors (Lipinski definition) is 2. The number of rotatable bonds is 4. The number of nitrogens with one attached hydrogen (secondary N) is 1. The molecule has 0 spiro atoms. The van der Waals surface area contributed by atoms with Gasteiger partial charge in [-0.3, -0.25) is 4.79 Å². The highest BCUT2D eigenvalue weighted by atomic mass is 16.1. The second-order valence-corrected chi connectivity index (χ2v) is 4.76. The highest BCUT2D eigenvalue weighted by Crippen LogP contribution is 2.12. The van der Waals surface area contributed by atoms with Crippen molar-refractivity contribution in [3.8, 4) is 0 Å². The van der Waals surface area contributed by atoms with Crippen LogP contribution in [0.25, 0.3) is 0 Å². The zero-order valence-corrected chi connectivity index (χ0v) is 11.3. The molecule has 19 heavy (non-hydrogen) atoms. The summed E-state index contributed by atoms with van der Waals surface area (Å²) in [5.74, 6) is -0.0537. The Morgan fingerprint density at radius 3 is 2.63 bits per heavy atom. The number of carbonyl (C=O) groups excluding carboxylic acids is 1. The van der Waals surface area contributed by atoms with Gasteiger partial charge < -0.3 is 15.6 Å². The zero-order valence-electron chi connectivity index (χ0n) is 11.3. The van der Waals surface area contributed by atoms with Crippen LogP contribution in [0.4, 0.5) is 5.69 Å². The van der Waals surface area contributed by atoms with E-state index in [1.807, 2.05) is 61.0 Å². The van der Waals surface area contributed by atoms with Crippen LogP contribution in [0.3, 0.4) is 0 Å². The van der Waals surface area contributed by atoms with Gasteiger partial charge in [0.15, 0.2) is 0 Å². The van der Waals surface area contributed by atoms with Crippen molar-refractivity contribution >= 4 is 11.6 Å². The van der Waals surface area contributed by atoms with Gasteiger partial charge in [-0.2, -0.15) is 0 Å². The topological polar surface area (TPSA) is 60.0 Å². The van der Waals surface area contributed by atoms with Gasteiger partial charge in [0.05, 0.1) is 0 Å². The molecule has 1 aromatic carbocycles. The molecule has 2 rings (SSSR count). The van der Waals surface area contributed by atoms with Gasteiger partial charge in [-0.15, -0.1) is 0 Å². The lowest BCUT2D eigenvalue weighted by Gasteiger charge is -2.12. The van der Waals surface area contributed by atoms with E-state index in [9.17, 15) is 4.79 Å². The van der Waals surface area contributed by atoms with Crippen LogP contribution in [-0.2, 0) is 11.3 Å². The lowest BCUT2D eigenvalue weighted by molar-refractivity contribution is -0.116. The number of nitrogens with two attached hydrogens (primary N) is 1. The Balaban J connectivity index is 2.01. The molecule has 3 N–H and O–H groups in total. The van der Waals surface area contributed by atoms with Gasteiger partial charge in [0, 0.05) is 23.6 Å². The third-order valence-corrected chi connectivity index (χ3v) is 2.98. The molecule has 0 saturated heterocycles. The molecule has 1 atom stereocenters. The van der Waals surface area contributed by atoms with E-state index in [0.717, 1.165) is 11.4 Å². The second-order valence-electron chi connectivity index (χ2n) is 4.76. The summed E-state index contributed by atoms with van der Waals surface area (Å²) in [6, 6.07) is 11.5. The number of nitrogens with zero attached hydrogens (tertiary/aromatic N) is 1. The molecule has 1 amide bonds. The number of aromatic nitrogens is 1. The van der Waals surface area contributed by atoms with Crippen molar-refractivity contribution in [2.24, 2.45) is 5.73 Å². The summed E-state index contributed by atoms with van der Waals surface area (Å²) < 4.78 is 1.87. The Labute approximate surface area is 113 Å². The largest absolute Gasteiger partial charge is 0.341 e. The summed E-state index contributed by atoms with van der Waals surface area (Å²) in [5, 5.41) is 2.87. The van der Waals surface area contributed by atoms with Crippen molar-refractivity contribution in [1.29, 1.82) is 0 Å². The van der Waals surface area contributed by atoms with E-state index in [4.69, 9.17) is 5.73 Å². The standard InChI is InChI=1S/C15H19N3O/c1-11-5-7-13(8-6-11)17-15(19)10-18-9-3-4-14(18)12(2)16/h3-9,12H,10,16H2,1-2H3,(H,17,19). The highest BCUT2D eigenvalue weighted by Gasteiger charge is 2.09. The number of amides is 1. The summed E-state index contributed by atoms with van der Waals surface area (Å²) in [6.45, 7) is 4.20. The van der Waals surface area contributed by atoms with Crippen molar-refractivity contribution in [2.75, 3.05) is 5.32 Å². The van der Waals surface area contributed by atoms with Crippen LogP contribution < -0.4 is 11.1 Å². The van der Waals surface area contributed by atoms with Gasteiger partial charge in [-0.05, 0) is 38.1 Å². The Bertz CT molecular complexity index is 555. The third-order valence-electron chi connectivity index (χ3n) is 2.98. The predicted octanol–water partition coefficient (Wildman–Crippen LogP) is 2.45. The average molecular weight is 257 g/mol. The maximum absolute atomic E-state index is 12.0. The molecule has 2 aromatic rings. The summed E-state index contributed by atoms with van der Waals surface area (Å²) in [6.07, 6.45) is 1.87. The first kappa shape index (κ1) is 13.4. The SMILES string of the molecule is Cc1ccc(NC(=O)Cn2cccc2C(C)N)cc1. The quantitative estimate of drug-likeness (QED) is 0.883. The maximum atomic E-state index is 12.0. The first-order valence-electron chi connectivity index (χ1n) is 6.33. The number of aryl methyl sites for hydroxylation is 1. The van der Waals surface area contributed by atoms with Crippen molar-refractivity contribution in [3.05, 3.63) is 53.9 Å². The molecule has 4 heteroatoms. The lowest BCUT2D eigenvalue weighted by atomic mass is 10.2. The smallest absolute Gasteiger partial charge is 0.244 e. The lowest BCUT2D eigenvalue weighted by Crippen LogP contribution is -2.21. The van der Waals surface area contributed by atoms with E-state index < -0.39 is 0 Å². The number of anilines is 1. The molecule has 4 nitrogen and oxygen atoms in total. The van der Waals surface area contributed by atoms with Crippen molar-refractivity contribution in [3.63, 3.8) is 0 Å². The number of carbonyl (C=O) groups is 1. The fourth-order valence-electron chi connectivity index (χ4n) is 1.98. The minimum atomic E-state index is -0.0813. The fourth-order valence-corrected chi connectivity index (χ4v) is 1.98. The maximum Gasteiger partial charge on any atom is 0.244 e. The molecule has 100 valence electrons. The molecule has 0 radical (unpaired) electrons. The molecular weight excluding hydrogens is 238 g/mol. The number of benzene rings is 1. The Morgan fingerprint density at radius 1 is 1.32 bits per heavy atom. The van der Waals surface area contributed by atoms with Crippen LogP contribution >= 0.6 is 0 Å². The number of hydrogen-bond donors (Lipinski definition) is 2. The molecule has 0 aliphatic heterocycles. The van der Waals surface area contributed by atoms with Crippen LogP contribution in [0.1, 0.15) is 24.2 Å². The van der Waals surface area contributed by atoms with E-state index >= 15 is 0 Å². The Morgan fingerprint density at radius 2 is 2.00 bits per heavy atom. The predicted molar refractivity (Wildman–Crippen MR) is 76.8 cm³/mol. The van der Waals surface area contributed by atoms with Gasteiger partial charge in [0.2, 0.25) is 5.91 Å². The van der Waals surface area contributed by atoms with Gasteiger partial charge in [-0.1, -0.05) is 17.7 Å². The van der Waals surface area contributed by atoms with E-state index in [0.29, 0.717) is 0 Å². The fraction of sp³-hybridized carbons (Fsp3) is 0.267. The first-order valence-corrected chi connectivity index (χ1v) is 6.33. The molecular formula is C15H19N3O. The molecule has 1 unspecified atom stereocenters. The minimum absolute atomic E-state index is 0.0537. The van der Waals surface area contributed by atoms with Crippen molar-refractivity contribution in [1.82, 2.24) is 4.57 Å². The zero-order chi connectivity index (χ0) is 13.8. The van der Waals surface area contributed by atoms with E-state index in [1.54, 1.807) is 0 Å². The summed E-state index contributed by atoms with van der Waals surface area (Å²) >= 11 is 0. The first-order chi connectivity index (χ1) is 9.06. The van der Waals surface area contributed by atoms with Crippen LogP contribution in [0.5, 0.6) is 0 Å². The van der Waals surface area contributed by atoms with Crippen LogP contribution in [0, 0.1) is 6.92 Å². The molecule has 1 heterocycles. The highest BCUT2D eigenvalue weighted by molar-refractivity contribution is 5.90. The van der Waals surface area contributed by atoms with Crippen molar-refractivity contribution < 1.29 is 4.79 Å². The van der Waals surface area contributed by atoms with Gasteiger partial charge in [0.1, 0.15) is 6.54 Å². The second kappa shape index (κ2) is 5.71. The van der Waals surface area contributed by atoms with E-state index in [2.05, 4.69) is 5.32 Å². The molecule has 1 aromatic heterocycles. The average Bonchev–Trinajstić information content (AvgIpc) is 2.80.